The Labute approximate surface area is 160 Å². The van der Waals surface area contributed by atoms with E-state index in [2.05, 4.69) is 11.8 Å². The van der Waals surface area contributed by atoms with E-state index >= 15 is 0 Å². The standard InChI is InChI=1S/C23H38FNO/c1-4-6-7-8-9-10-11-12-13-14-19-25(3)22(5-2)23(26)20-15-17-21(24)18-16-20/h15-18,22H,4-14,19H2,1-3H3. The molecule has 0 aliphatic heterocycles. The number of ketones is 1. The molecule has 0 aromatic heterocycles. The Bertz CT molecular complexity index is 485. The number of carbonyl (C=O) groups excluding carboxylic acids is 1. The molecule has 148 valence electrons. The van der Waals surface area contributed by atoms with Crippen LogP contribution in [0, 0.1) is 5.82 Å². The maximum absolute atomic E-state index is 13.0. The van der Waals surface area contributed by atoms with Crippen LogP contribution in [0.3, 0.4) is 0 Å². The summed E-state index contributed by atoms with van der Waals surface area (Å²) in [6, 6.07) is 5.80. The van der Waals surface area contributed by atoms with Crippen LogP contribution in [0.15, 0.2) is 24.3 Å². The number of likely N-dealkylation sites (N-methyl/N-ethyl adjacent to an activating group) is 1. The van der Waals surface area contributed by atoms with Crippen molar-refractivity contribution < 1.29 is 9.18 Å². The van der Waals surface area contributed by atoms with Gasteiger partial charge < -0.3 is 0 Å². The maximum Gasteiger partial charge on any atom is 0.179 e. The van der Waals surface area contributed by atoms with Crippen molar-refractivity contribution in [3.05, 3.63) is 35.6 Å². The van der Waals surface area contributed by atoms with E-state index in [1.54, 1.807) is 12.1 Å². The number of benzene rings is 1. The fourth-order valence-electron chi connectivity index (χ4n) is 3.51. The number of hydrogen-bond donors (Lipinski definition) is 0. The molecule has 0 fully saturated rings. The van der Waals surface area contributed by atoms with Crippen LogP contribution < -0.4 is 0 Å². The van der Waals surface area contributed by atoms with Crippen molar-refractivity contribution in [3.63, 3.8) is 0 Å². The predicted molar refractivity (Wildman–Crippen MR) is 109 cm³/mol. The molecule has 1 atom stereocenters. The Morgan fingerprint density at radius 1 is 0.885 bits per heavy atom. The number of Topliss-reactive ketones (excluding diaryl/α,β-unsaturated/α-hetero) is 1. The van der Waals surface area contributed by atoms with Gasteiger partial charge in [-0.1, -0.05) is 71.6 Å². The Hall–Kier alpha value is -1.22. The zero-order valence-electron chi connectivity index (χ0n) is 17.1. The molecule has 0 spiro atoms. The number of hydrogen-bond acceptors (Lipinski definition) is 2. The van der Waals surface area contributed by atoms with Gasteiger partial charge in [-0.15, -0.1) is 0 Å². The van der Waals surface area contributed by atoms with Gasteiger partial charge >= 0.3 is 0 Å². The molecule has 3 heteroatoms. The van der Waals surface area contributed by atoms with Gasteiger partial charge in [0.1, 0.15) is 5.82 Å². The lowest BCUT2D eigenvalue weighted by Gasteiger charge is -2.26. The highest BCUT2D eigenvalue weighted by molar-refractivity contribution is 6.00. The Morgan fingerprint density at radius 3 is 1.88 bits per heavy atom. The second kappa shape index (κ2) is 13.9. The molecule has 0 radical (unpaired) electrons. The molecule has 1 unspecified atom stereocenters. The first kappa shape index (κ1) is 22.8. The van der Waals surface area contributed by atoms with Crippen molar-refractivity contribution in [1.82, 2.24) is 4.90 Å². The van der Waals surface area contributed by atoms with E-state index in [9.17, 15) is 9.18 Å². The van der Waals surface area contributed by atoms with Crippen LogP contribution in [0.2, 0.25) is 0 Å². The van der Waals surface area contributed by atoms with Crippen LogP contribution in [0.1, 0.15) is 94.8 Å². The van der Waals surface area contributed by atoms with E-state index in [-0.39, 0.29) is 17.6 Å². The summed E-state index contributed by atoms with van der Waals surface area (Å²) in [6.07, 6.45) is 14.0. The van der Waals surface area contributed by atoms with Gasteiger partial charge in [-0.05, 0) is 50.7 Å². The molecule has 0 saturated heterocycles. The first-order valence-electron chi connectivity index (χ1n) is 10.6. The van der Waals surface area contributed by atoms with E-state index in [0.717, 1.165) is 19.4 Å². The minimum atomic E-state index is -0.298. The van der Waals surface area contributed by atoms with Gasteiger partial charge in [-0.25, -0.2) is 4.39 Å². The van der Waals surface area contributed by atoms with E-state index in [1.807, 2.05) is 14.0 Å². The summed E-state index contributed by atoms with van der Waals surface area (Å²) in [5.41, 5.74) is 0.605. The van der Waals surface area contributed by atoms with Crippen LogP contribution in [-0.4, -0.2) is 30.3 Å². The van der Waals surface area contributed by atoms with Crippen LogP contribution in [0.25, 0.3) is 0 Å². The van der Waals surface area contributed by atoms with E-state index in [1.165, 1.54) is 69.9 Å². The molecule has 0 bridgehead atoms. The lowest BCUT2D eigenvalue weighted by Crippen LogP contribution is -2.38. The zero-order valence-corrected chi connectivity index (χ0v) is 17.1. The summed E-state index contributed by atoms with van der Waals surface area (Å²) in [5.74, 6) is -0.199. The zero-order chi connectivity index (χ0) is 19.2. The number of unbranched alkanes of at least 4 members (excludes halogenated alkanes) is 9. The average Bonchev–Trinajstić information content (AvgIpc) is 2.64. The highest BCUT2D eigenvalue weighted by Gasteiger charge is 2.22. The minimum Gasteiger partial charge on any atom is -0.296 e. The molecule has 1 aromatic carbocycles. The Kier molecular flexibility index (Phi) is 12.2. The first-order valence-corrected chi connectivity index (χ1v) is 10.6. The Morgan fingerprint density at radius 2 is 1.38 bits per heavy atom. The van der Waals surface area contributed by atoms with Gasteiger partial charge in [0.15, 0.2) is 5.78 Å². The quantitative estimate of drug-likeness (QED) is 0.257. The normalized spacial score (nSPS) is 12.5. The van der Waals surface area contributed by atoms with E-state index < -0.39 is 0 Å². The topological polar surface area (TPSA) is 20.3 Å². The fraction of sp³-hybridized carbons (Fsp3) is 0.696. The van der Waals surface area contributed by atoms with Crippen LogP contribution in [-0.2, 0) is 0 Å². The largest absolute Gasteiger partial charge is 0.296 e. The van der Waals surface area contributed by atoms with Gasteiger partial charge in [0.05, 0.1) is 6.04 Å². The van der Waals surface area contributed by atoms with Crippen LogP contribution in [0.5, 0.6) is 0 Å². The third-order valence-corrected chi connectivity index (χ3v) is 5.21. The summed E-state index contributed by atoms with van der Waals surface area (Å²) in [5, 5.41) is 0. The highest BCUT2D eigenvalue weighted by Crippen LogP contribution is 2.14. The van der Waals surface area contributed by atoms with Crippen molar-refractivity contribution in [2.24, 2.45) is 0 Å². The van der Waals surface area contributed by atoms with Gasteiger partial charge in [0, 0.05) is 5.56 Å². The summed E-state index contributed by atoms with van der Waals surface area (Å²) < 4.78 is 13.0. The molecular weight excluding hydrogens is 325 g/mol. The molecule has 0 aliphatic rings. The van der Waals surface area contributed by atoms with Gasteiger partial charge in [-0.3, -0.25) is 9.69 Å². The summed E-state index contributed by atoms with van der Waals surface area (Å²) in [7, 11) is 2.03. The molecule has 0 N–H and O–H groups in total. The molecule has 0 amide bonds. The van der Waals surface area contributed by atoms with Crippen LogP contribution in [0.4, 0.5) is 4.39 Å². The minimum absolute atomic E-state index is 0.0991. The monoisotopic (exact) mass is 363 g/mol. The number of carbonyl (C=O) groups is 1. The number of halogens is 1. The number of rotatable bonds is 15. The third-order valence-electron chi connectivity index (χ3n) is 5.21. The summed E-state index contributed by atoms with van der Waals surface area (Å²) >= 11 is 0. The van der Waals surface area contributed by atoms with Crippen molar-refractivity contribution >= 4 is 5.78 Å². The lowest BCUT2D eigenvalue weighted by atomic mass is 10.0. The van der Waals surface area contributed by atoms with Gasteiger partial charge in [0.25, 0.3) is 0 Å². The fourth-order valence-corrected chi connectivity index (χ4v) is 3.51. The van der Waals surface area contributed by atoms with E-state index in [4.69, 9.17) is 0 Å². The molecule has 1 aromatic rings. The second-order valence-electron chi connectivity index (χ2n) is 7.46. The molecule has 26 heavy (non-hydrogen) atoms. The maximum atomic E-state index is 13.0. The molecule has 0 heterocycles. The SMILES string of the molecule is CCCCCCCCCCCCN(C)C(CC)C(=O)c1ccc(F)cc1. The van der Waals surface area contributed by atoms with Crippen molar-refractivity contribution in [2.75, 3.05) is 13.6 Å². The predicted octanol–water partition coefficient (Wildman–Crippen LogP) is 6.64. The number of nitrogens with zero attached hydrogens (tertiary/aromatic N) is 1. The van der Waals surface area contributed by atoms with Gasteiger partial charge in [0.2, 0.25) is 0 Å². The highest BCUT2D eigenvalue weighted by atomic mass is 19.1. The molecule has 2 nitrogen and oxygen atoms in total. The Balaban J connectivity index is 2.20. The second-order valence-corrected chi connectivity index (χ2v) is 7.46. The molecule has 1 rings (SSSR count). The molecular formula is C23H38FNO. The summed E-state index contributed by atoms with van der Waals surface area (Å²) in [4.78, 5) is 14.8. The van der Waals surface area contributed by atoms with Crippen molar-refractivity contribution in [3.8, 4) is 0 Å². The molecule has 0 saturated carbocycles. The van der Waals surface area contributed by atoms with Gasteiger partial charge in [-0.2, -0.15) is 0 Å². The first-order chi connectivity index (χ1) is 12.6. The third kappa shape index (κ3) is 8.93. The smallest absolute Gasteiger partial charge is 0.179 e. The lowest BCUT2D eigenvalue weighted by molar-refractivity contribution is 0.0844. The van der Waals surface area contributed by atoms with Crippen LogP contribution >= 0.6 is 0 Å². The van der Waals surface area contributed by atoms with Crippen molar-refractivity contribution in [2.45, 2.75) is 90.5 Å². The summed E-state index contributed by atoms with van der Waals surface area (Å²) in [6.45, 7) is 5.25. The van der Waals surface area contributed by atoms with E-state index in [0.29, 0.717) is 5.56 Å². The molecule has 0 aliphatic carbocycles. The van der Waals surface area contributed by atoms with Crippen molar-refractivity contribution in [1.29, 1.82) is 0 Å². The average molecular weight is 364 g/mol.